The van der Waals surface area contributed by atoms with Crippen LogP contribution in [0, 0.1) is 13.8 Å². The van der Waals surface area contributed by atoms with Crippen LogP contribution in [0.15, 0.2) is 0 Å². The lowest BCUT2D eigenvalue weighted by molar-refractivity contribution is 0.0922. The third-order valence-corrected chi connectivity index (χ3v) is 5.78. The van der Waals surface area contributed by atoms with E-state index in [0.29, 0.717) is 37.2 Å². The van der Waals surface area contributed by atoms with E-state index in [-0.39, 0.29) is 17.7 Å². The van der Waals surface area contributed by atoms with Gasteiger partial charge in [-0.05, 0) is 33.6 Å². The Kier molecular flexibility index (Phi) is 4.67. The van der Waals surface area contributed by atoms with Gasteiger partial charge in [0.2, 0.25) is 10.0 Å². The highest BCUT2D eigenvalue weighted by Gasteiger charge is 2.28. The van der Waals surface area contributed by atoms with Crippen LogP contribution >= 0.6 is 0 Å². The molecule has 2 rings (SSSR count). The minimum Gasteiger partial charge on any atom is -0.349 e. The minimum atomic E-state index is -3.12. The maximum absolute atomic E-state index is 12.2. The van der Waals surface area contributed by atoms with Crippen molar-refractivity contribution in [2.45, 2.75) is 39.7 Å². The van der Waals surface area contributed by atoms with Crippen LogP contribution in [-0.4, -0.2) is 53.7 Å². The van der Waals surface area contributed by atoms with Crippen molar-refractivity contribution in [3.63, 3.8) is 0 Å². The quantitative estimate of drug-likeness (QED) is 0.849. The summed E-state index contributed by atoms with van der Waals surface area (Å²) in [4.78, 5) is 12.2. The van der Waals surface area contributed by atoms with Gasteiger partial charge < -0.3 is 5.32 Å². The lowest BCUT2D eigenvalue weighted by atomic mass is 10.1. The van der Waals surface area contributed by atoms with Crippen LogP contribution < -0.4 is 5.32 Å². The van der Waals surface area contributed by atoms with E-state index in [1.807, 2.05) is 6.92 Å². The number of aromatic nitrogens is 2. The fourth-order valence-corrected chi connectivity index (χ4v) is 3.74. The van der Waals surface area contributed by atoms with Gasteiger partial charge in [0, 0.05) is 24.8 Å². The second-order valence-electron chi connectivity index (χ2n) is 5.36. The molecule has 0 radical (unpaired) electrons. The molecule has 1 fully saturated rings. The molecule has 0 unspecified atom stereocenters. The molecule has 0 bridgehead atoms. The molecule has 1 amide bonds. The first-order valence-corrected chi connectivity index (χ1v) is 8.76. The number of aromatic amines is 1. The van der Waals surface area contributed by atoms with Crippen molar-refractivity contribution >= 4 is 15.9 Å². The maximum atomic E-state index is 12.2. The molecule has 0 spiro atoms. The Morgan fingerprint density at radius 3 is 2.48 bits per heavy atom. The molecular weight excluding hydrogens is 292 g/mol. The number of hydrogen-bond acceptors (Lipinski definition) is 4. The van der Waals surface area contributed by atoms with Gasteiger partial charge in [0.05, 0.1) is 17.0 Å². The van der Waals surface area contributed by atoms with E-state index in [9.17, 15) is 13.2 Å². The highest BCUT2D eigenvalue weighted by atomic mass is 32.2. The van der Waals surface area contributed by atoms with Crippen molar-refractivity contribution in [1.29, 1.82) is 0 Å². The van der Waals surface area contributed by atoms with Crippen LogP contribution in [0.3, 0.4) is 0 Å². The SMILES string of the molecule is CCS(=O)(=O)N1CCC(NC(=O)c2c(C)n[nH]c2C)CC1. The number of rotatable bonds is 4. The Bertz CT molecular complexity index is 596. The van der Waals surface area contributed by atoms with Crippen LogP contribution in [0.5, 0.6) is 0 Å². The third kappa shape index (κ3) is 3.44. The van der Waals surface area contributed by atoms with Crippen molar-refractivity contribution in [2.75, 3.05) is 18.8 Å². The first-order valence-electron chi connectivity index (χ1n) is 7.15. The molecule has 1 aliphatic rings. The highest BCUT2D eigenvalue weighted by Crippen LogP contribution is 2.16. The van der Waals surface area contributed by atoms with Crippen LogP contribution in [0.25, 0.3) is 0 Å². The first kappa shape index (κ1) is 16.0. The Hall–Kier alpha value is -1.41. The molecule has 8 heteroatoms. The van der Waals surface area contributed by atoms with E-state index in [2.05, 4.69) is 15.5 Å². The lowest BCUT2D eigenvalue weighted by Crippen LogP contribution is -2.47. The van der Waals surface area contributed by atoms with Gasteiger partial charge in [-0.2, -0.15) is 5.10 Å². The Morgan fingerprint density at radius 1 is 1.38 bits per heavy atom. The van der Waals surface area contributed by atoms with Crippen LogP contribution in [0.4, 0.5) is 0 Å². The molecule has 2 N–H and O–H groups in total. The monoisotopic (exact) mass is 314 g/mol. The molecule has 0 aromatic carbocycles. The normalized spacial score (nSPS) is 17.9. The van der Waals surface area contributed by atoms with Gasteiger partial charge >= 0.3 is 0 Å². The summed E-state index contributed by atoms with van der Waals surface area (Å²) in [5.74, 6) is -0.0206. The van der Waals surface area contributed by atoms with Gasteiger partial charge in [-0.1, -0.05) is 0 Å². The number of piperidine rings is 1. The van der Waals surface area contributed by atoms with Gasteiger partial charge in [-0.3, -0.25) is 9.89 Å². The number of H-pyrrole nitrogens is 1. The lowest BCUT2D eigenvalue weighted by Gasteiger charge is -2.31. The van der Waals surface area contributed by atoms with Crippen molar-refractivity contribution in [3.05, 3.63) is 17.0 Å². The standard InChI is InChI=1S/C13H22N4O3S/c1-4-21(19,20)17-7-5-11(6-8-17)14-13(18)12-9(2)15-16-10(12)3/h11H,4-8H2,1-3H3,(H,14,18)(H,15,16). The summed E-state index contributed by atoms with van der Waals surface area (Å²) in [6.45, 7) is 6.17. The van der Waals surface area contributed by atoms with E-state index in [1.165, 1.54) is 4.31 Å². The number of aryl methyl sites for hydroxylation is 2. The summed E-state index contributed by atoms with van der Waals surface area (Å²) in [6, 6.07) is 0.00880. The fraction of sp³-hybridized carbons (Fsp3) is 0.692. The number of carbonyl (C=O) groups excluding carboxylic acids is 1. The molecule has 118 valence electrons. The van der Waals surface area contributed by atoms with Crippen LogP contribution in [0.2, 0.25) is 0 Å². The maximum Gasteiger partial charge on any atom is 0.255 e. The molecule has 1 aromatic heterocycles. The summed E-state index contributed by atoms with van der Waals surface area (Å²) in [5, 5.41) is 9.78. The zero-order valence-electron chi connectivity index (χ0n) is 12.6. The van der Waals surface area contributed by atoms with Gasteiger partial charge in [0.1, 0.15) is 0 Å². The molecule has 1 aliphatic heterocycles. The number of nitrogens with zero attached hydrogens (tertiary/aromatic N) is 2. The van der Waals surface area contributed by atoms with E-state index in [1.54, 1.807) is 13.8 Å². The molecule has 1 aromatic rings. The summed E-state index contributed by atoms with van der Waals surface area (Å²) in [6.07, 6.45) is 1.28. The van der Waals surface area contributed by atoms with Crippen LogP contribution in [-0.2, 0) is 10.0 Å². The van der Waals surface area contributed by atoms with Gasteiger partial charge in [0.25, 0.3) is 5.91 Å². The number of carbonyl (C=O) groups is 1. The van der Waals surface area contributed by atoms with Crippen LogP contribution in [0.1, 0.15) is 41.5 Å². The number of amides is 1. The molecule has 0 saturated carbocycles. The number of hydrogen-bond donors (Lipinski definition) is 2. The molecule has 21 heavy (non-hydrogen) atoms. The Morgan fingerprint density at radius 2 is 2.00 bits per heavy atom. The van der Waals surface area contributed by atoms with Crippen molar-refractivity contribution in [3.8, 4) is 0 Å². The highest BCUT2D eigenvalue weighted by molar-refractivity contribution is 7.89. The van der Waals surface area contributed by atoms with Crippen molar-refractivity contribution < 1.29 is 13.2 Å². The van der Waals surface area contributed by atoms with Crippen molar-refractivity contribution in [2.24, 2.45) is 0 Å². The second-order valence-corrected chi connectivity index (χ2v) is 7.61. The molecule has 1 saturated heterocycles. The smallest absolute Gasteiger partial charge is 0.255 e. The second kappa shape index (κ2) is 6.15. The minimum absolute atomic E-state index is 0.00880. The number of sulfonamides is 1. The topological polar surface area (TPSA) is 95.2 Å². The number of nitrogens with one attached hydrogen (secondary N) is 2. The molecule has 2 heterocycles. The van der Waals surface area contributed by atoms with Gasteiger partial charge in [-0.25, -0.2) is 12.7 Å². The Balaban J connectivity index is 1.94. The summed E-state index contributed by atoms with van der Waals surface area (Å²) >= 11 is 0. The predicted molar refractivity (Wildman–Crippen MR) is 79.6 cm³/mol. The fourth-order valence-electron chi connectivity index (χ4n) is 2.60. The summed E-state index contributed by atoms with van der Waals surface area (Å²) < 4.78 is 25.1. The van der Waals surface area contributed by atoms with E-state index in [4.69, 9.17) is 0 Å². The average molecular weight is 314 g/mol. The Labute approximate surface area is 125 Å². The third-order valence-electron chi connectivity index (χ3n) is 3.90. The largest absolute Gasteiger partial charge is 0.349 e. The average Bonchev–Trinajstić information content (AvgIpc) is 2.78. The zero-order chi connectivity index (χ0) is 15.6. The predicted octanol–water partition coefficient (Wildman–Crippen LogP) is 0.570. The van der Waals surface area contributed by atoms with Crippen molar-refractivity contribution in [1.82, 2.24) is 19.8 Å². The van der Waals surface area contributed by atoms with Gasteiger partial charge in [0.15, 0.2) is 0 Å². The van der Waals surface area contributed by atoms with E-state index < -0.39 is 10.0 Å². The zero-order valence-corrected chi connectivity index (χ0v) is 13.5. The summed E-state index contributed by atoms with van der Waals surface area (Å²) in [5.41, 5.74) is 2.01. The summed E-state index contributed by atoms with van der Waals surface area (Å²) in [7, 11) is -3.12. The molecule has 7 nitrogen and oxygen atoms in total. The molecule has 0 atom stereocenters. The first-order chi connectivity index (χ1) is 9.85. The van der Waals surface area contributed by atoms with E-state index >= 15 is 0 Å². The van der Waals surface area contributed by atoms with Gasteiger partial charge in [-0.15, -0.1) is 0 Å². The molecule has 0 aliphatic carbocycles. The molecular formula is C13H22N4O3S. The van der Waals surface area contributed by atoms with E-state index in [0.717, 1.165) is 5.69 Å².